The van der Waals surface area contributed by atoms with Gasteiger partial charge in [-0.1, -0.05) is 31.5 Å². The van der Waals surface area contributed by atoms with Gasteiger partial charge in [0.2, 0.25) is 0 Å². The Bertz CT molecular complexity index is 1290. The Balaban J connectivity index is 1.76. The van der Waals surface area contributed by atoms with Crippen molar-refractivity contribution in [3.8, 4) is 6.07 Å². The van der Waals surface area contributed by atoms with Gasteiger partial charge in [0.25, 0.3) is 0 Å². The highest BCUT2D eigenvalue weighted by Gasteiger charge is 2.16. The lowest BCUT2D eigenvalue weighted by atomic mass is 10.1. The third-order valence-electron chi connectivity index (χ3n) is 4.71. The quantitative estimate of drug-likeness (QED) is 0.316. The fourth-order valence-electron chi connectivity index (χ4n) is 3.40. The normalized spacial score (nSPS) is 11.8. The highest BCUT2D eigenvalue weighted by molar-refractivity contribution is 7.43. The smallest absolute Gasteiger partial charge is 0.0992 e. The molecular formula is C21H15NS3. The second-order valence-electron chi connectivity index (χ2n) is 6.38. The third-order valence-corrected chi connectivity index (χ3v) is 8.70. The standard InChI is InChI=1S/C21H15NS3/c1-2-3-4-12-5-7-14-16(9-12)23-20-18(14)25-19-15-8-6-13(11-22)10-17(15)24-21(19)20/h5-10H,2-4H2,1H3. The Morgan fingerprint density at radius 3 is 2.20 bits per heavy atom. The van der Waals surface area contributed by atoms with E-state index in [4.69, 9.17) is 5.26 Å². The van der Waals surface area contributed by atoms with Gasteiger partial charge in [-0.3, -0.25) is 0 Å². The van der Waals surface area contributed by atoms with Crippen LogP contribution >= 0.6 is 34.0 Å². The maximum Gasteiger partial charge on any atom is 0.0992 e. The molecule has 25 heavy (non-hydrogen) atoms. The number of aryl methyl sites for hydroxylation is 1. The average Bonchev–Trinajstić information content (AvgIpc) is 3.27. The molecule has 0 saturated carbocycles. The molecule has 3 aromatic heterocycles. The van der Waals surface area contributed by atoms with Crippen LogP contribution in [0.2, 0.25) is 0 Å². The lowest BCUT2D eigenvalue weighted by Gasteiger charge is -1.99. The van der Waals surface area contributed by atoms with Crippen LogP contribution in [0, 0.1) is 11.3 Å². The van der Waals surface area contributed by atoms with Gasteiger partial charge in [0.15, 0.2) is 0 Å². The second kappa shape index (κ2) is 5.81. The topological polar surface area (TPSA) is 23.8 Å². The summed E-state index contributed by atoms with van der Waals surface area (Å²) in [5, 5.41) is 11.8. The van der Waals surface area contributed by atoms with Gasteiger partial charge in [-0.05, 0) is 36.6 Å². The van der Waals surface area contributed by atoms with Gasteiger partial charge < -0.3 is 0 Å². The first-order chi connectivity index (χ1) is 12.3. The molecule has 1 nitrogen and oxygen atoms in total. The van der Waals surface area contributed by atoms with Crippen LogP contribution in [0.1, 0.15) is 30.9 Å². The van der Waals surface area contributed by atoms with Crippen molar-refractivity contribution in [2.24, 2.45) is 0 Å². The van der Waals surface area contributed by atoms with Crippen LogP contribution in [0.4, 0.5) is 0 Å². The summed E-state index contributed by atoms with van der Waals surface area (Å²) in [6.45, 7) is 2.25. The summed E-state index contributed by atoms with van der Waals surface area (Å²) in [6.07, 6.45) is 3.67. The minimum absolute atomic E-state index is 0.745. The number of unbranched alkanes of at least 4 members (excludes halogenated alkanes) is 1. The Morgan fingerprint density at radius 1 is 0.840 bits per heavy atom. The summed E-state index contributed by atoms with van der Waals surface area (Å²) in [5.41, 5.74) is 2.20. The van der Waals surface area contributed by atoms with E-state index >= 15 is 0 Å². The van der Waals surface area contributed by atoms with E-state index in [1.807, 2.05) is 46.1 Å². The van der Waals surface area contributed by atoms with Crippen LogP contribution in [0.5, 0.6) is 0 Å². The van der Waals surface area contributed by atoms with Crippen molar-refractivity contribution in [3.05, 3.63) is 47.5 Å². The Hall–Kier alpha value is -1.93. The van der Waals surface area contributed by atoms with Crippen molar-refractivity contribution in [1.82, 2.24) is 0 Å². The van der Waals surface area contributed by atoms with E-state index in [0.29, 0.717) is 0 Å². The number of hydrogen-bond donors (Lipinski definition) is 0. The van der Waals surface area contributed by atoms with Gasteiger partial charge in [0, 0.05) is 20.2 Å². The second-order valence-corrected chi connectivity index (χ2v) is 9.50. The maximum absolute atomic E-state index is 9.14. The molecule has 0 aliphatic heterocycles. The van der Waals surface area contributed by atoms with Crippen LogP contribution in [-0.4, -0.2) is 0 Å². The van der Waals surface area contributed by atoms with E-state index in [-0.39, 0.29) is 0 Å². The molecule has 2 aromatic carbocycles. The minimum atomic E-state index is 0.745. The van der Waals surface area contributed by atoms with E-state index in [9.17, 15) is 0 Å². The first kappa shape index (κ1) is 15.3. The number of thiophene rings is 3. The molecule has 5 rings (SSSR count). The fraction of sp³-hybridized carbons (Fsp3) is 0.190. The van der Waals surface area contributed by atoms with Crippen LogP contribution in [0.25, 0.3) is 39.0 Å². The number of rotatable bonds is 3. The number of nitriles is 1. The molecule has 122 valence electrons. The van der Waals surface area contributed by atoms with Gasteiger partial charge in [0.1, 0.15) is 0 Å². The molecule has 0 spiro atoms. The molecule has 5 aromatic rings. The zero-order chi connectivity index (χ0) is 17.0. The summed E-state index contributed by atoms with van der Waals surface area (Å²) in [7, 11) is 0. The predicted octanol–water partition coefficient (Wildman–Crippen LogP) is 7.70. The molecule has 0 saturated heterocycles. The monoisotopic (exact) mass is 377 g/mol. The van der Waals surface area contributed by atoms with Gasteiger partial charge >= 0.3 is 0 Å². The number of nitrogens with zero attached hydrogens (tertiary/aromatic N) is 1. The predicted molar refractivity (Wildman–Crippen MR) is 113 cm³/mol. The SMILES string of the molecule is CCCCc1ccc2c(c1)sc1c2sc2c3ccc(C#N)cc3sc21. The van der Waals surface area contributed by atoms with Crippen molar-refractivity contribution in [2.75, 3.05) is 0 Å². The number of hydrogen-bond acceptors (Lipinski definition) is 4. The minimum Gasteiger partial charge on any atom is -0.192 e. The highest BCUT2D eigenvalue weighted by Crippen LogP contribution is 2.50. The Labute approximate surface area is 157 Å². The average molecular weight is 378 g/mol. The molecular weight excluding hydrogens is 362 g/mol. The van der Waals surface area contributed by atoms with E-state index in [0.717, 1.165) is 5.56 Å². The Kier molecular flexibility index (Phi) is 3.56. The Morgan fingerprint density at radius 2 is 1.52 bits per heavy atom. The van der Waals surface area contributed by atoms with Gasteiger partial charge in [-0.25, -0.2) is 0 Å². The molecule has 0 amide bonds. The third kappa shape index (κ3) is 2.31. The molecule has 0 fully saturated rings. The van der Waals surface area contributed by atoms with Crippen LogP contribution in [0.15, 0.2) is 36.4 Å². The molecule has 0 aliphatic rings. The van der Waals surface area contributed by atoms with E-state index in [1.54, 1.807) is 0 Å². The van der Waals surface area contributed by atoms with Crippen LogP contribution in [0.3, 0.4) is 0 Å². The highest BCUT2D eigenvalue weighted by atomic mass is 32.1. The summed E-state index contributed by atoms with van der Waals surface area (Å²) >= 11 is 5.67. The summed E-state index contributed by atoms with van der Waals surface area (Å²) < 4.78 is 8.25. The lowest BCUT2D eigenvalue weighted by molar-refractivity contribution is 0.796. The molecule has 0 N–H and O–H groups in total. The first-order valence-corrected chi connectivity index (χ1v) is 10.9. The first-order valence-electron chi connectivity index (χ1n) is 8.49. The number of benzene rings is 2. The van der Waals surface area contributed by atoms with Crippen molar-refractivity contribution in [1.29, 1.82) is 5.26 Å². The van der Waals surface area contributed by atoms with Crippen molar-refractivity contribution >= 4 is 73.0 Å². The molecule has 0 atom stereocenters. The van der Waals surface area contributed by atoms with Crippen molar-refractivity contribution < 1.29 is 0 Å². The largest absolute Gasteiger partial charge is 0.192 e. The molecule has 0 bridgehead atoms. The van der Waals surface area contributed by atoms with E-state index in [2.05, 4.69) is 37.3 Å². The molecule has 0 radical (unpaired) electrons. The molecule has 4 heteroatoms. The summed E-state index contributed by atoms with van der Waals surface area (Å²) in [5.74, 6) is 0. The van der Waals surface area contributed by atoms with Crippen LogP contribution < -0.4 is 0 Å². The van der Waals surface area contributed by atoms with Crippen molar-refractivity contribution in [3.63, 3.8) is 0 Å². The van der Waals surface area contributed by atoms with Gasteiger partial charge in [-0.2, -0.15) is 5.26 Å². The zero-order valence-corrected chi connectivity index (χ0v) is 16.2. The summed E-state index contributed by atoms with van der Waals surface area (Å²) in [4.78, 5) is 0. The maximum atomic E-state index is 9.14. The molecule has 0 aliphatic carbocycles. The van der Waals surface area contributed by atoms with Gasteiger partial charge in [-0.15, -0.1) is 34.0 Å². The summed E-state index contributed by atoms with van der Waals surface area (Å²) in [6, 6.07) is 15.3. The fourth-order valence-corrected chi connectivity index (χ4v) is 7.77. The van der Waals surface area contributed by atoms with Crippen molar-refractivity contribution in [2.45, 2.75) is 26.2 Å². The van der Waals surface area contributed by atoms with E-state index in [1.165, 1.54) is 63.8 Å². The van der Waals surface area contributed by atoms with E-state index < -0.39 is 0 Å². The molecule has 3 heterocycles. The zero-order valence-electron chi connectivity index (χ0n) is 13.8. The van der Waals surface area contributed by atoms with Crippen LogP contribution in [-0.2, 0) is 6.42 Å². The van der Waals surface area contributed by atoms with Gasteiger partial charge in [0.05, 0.1) is 30.4 Å². The lowest BCUT2D eigenvalue weighted by Crippen LogP contribution is -1.82. The molecule has 0 unspecified atom stereocenters. The number of fused-ring (bicyclic) bond motifs is 7.